The van der Waals surface area contributed by atoms with Crippen LogP contribution in [-0.2, 0) is 11.0 Å². The van der Waals surface area contributed by atoms with Gasteiger partial charge >= 0.3 is 6.18 Å². The predicted molar refractivity (Wildman–Crippen MR) is 64.4 cm³/mol. The van der Waals surface area contributed by atoms with Crippen LogP contribution in [0.25, 0.3) is 0 Å². The first kappa shape index (κ1) is 16.9. The second kappa shape index (κ2) is 5.66. The van der Waals surface area contributed by atoms with E-state index in [0.717, 1.165) is 13.0 Å². The molecule has 1 atom stereocenters. The van der Waals surface area contributed by atoms with E-state index in [1.54, 1.807) is 0 Å². The summed E-state index contributed by atoms with van der Waals surface area (Å²) >= 11 is 0. The Balaban J connectivity index is 3.18. The van der Waals surface area contributed by atoms with Gasteiger partial charge in [-0.1, -0.05) is 0 Å². The van der Waals surface area contributed by atoms with Crippen LogP contribution in [0.3, 0.4) is 0 Å². The number of amides is 1. The van der Waals surface area contributed by atoms with Crippen LogP contribution < -0.4 is 5.32 Å². The summed E-state index contributed by atoms with van der Waals surface area (Å²) in [4.78, 5) is 20.9. The van der Waals surface area contributed by atoms with E-state index >= 15 is 0 Å². The van der Waals surface area contributed by atoms with Crippen molar-refractivity contribution in [2.45, 2.75) is 18.7 Å². The summed E-state index contributed by atoms with van der Waals surface area (Å²) in [7, 11) is 0. The minimum Gasteiger partial charge on any atom is -0.393 e. The zero-order valence-electron chi connectivity index (χ0n) is 10.6. The second-order valence-electron chi connectivity index (χ2n) is 4.37. The second-order valence-corrected chi connectivity index (χ2v) is 4.37. The average molecular weight is 308 g/mol. The smallest absolute Gasteiger partial charge is 0.393 e. The lowest BCUT2D eigenvalue weighted by atomic mass is 10.1. The fourth-order valence-electron chi connectivity index (χ4n) is 1.34. The SMILES string of the molecule is C[C@@](O)(CO)C(=O)Nc1ccc([N+](=O)[O-])c(C(F)(F)F)c1. The Morgan fingerprint density at radius 1 is 1.43 bits per heavy atom. The third-order valence-electron chi connectivity index (χ3n) is 2.55. The van der Waals surface area contributed by atoms with Gasteiger partial charge in [-0.25, -0.2) is 0 Å². The lowest BCUT2D eigenvalue weighted by Gasteiger charge is -2.19. The first-order chi connectivity index (χ1) is 9.49. The zero-order chi connectivity index (χ0) is 16.4. The topological polar surface area (TPSA) is 113 Å². The summed E-state index contributed by atoms with van der Waals surface area (Å²) in [5.41, 5.74) is -5.28. The molecule has 1 aromatic carbocycles. The number of rotatable bonds is 4. The van der Waals surface area contributed by atoms with Gasteiger partial charge in [-0.2, -0.15) is 13.2 Å². The van der Waals surface area contributed by atoms with Crippen molar-refractivity contribution in [3.63, 3.8) is 0 Å². The van der Waals surface area contributed by atoms with Crippen LogP contribution >= 0.6 is 0 Å². The maximum Gasteiger partial charge on any atom is 0.423 e. The maximum absolute atomic E-state index is 12.7. The van der Waals surface area contributed by atoms with E-state index in [2.05, 4.69) is 0 Å². The number of carbonyl (C=O) groups is 1. The molecule has 0 radical (unpaired) electrons. The molecule has 10 heteroatoms. The number of benzene rings is 1. The van der Waals surface area contributed by atoms with Gasteiger partial charge in [0.25, 0.3) is 11.6 Å². The number of carbonyl (C=O) groups excluding carboxylic acids is 1. The summed E-state index contributed by atoms with van der Waals surface area (Å²) in [6.07, 6.45) is -4.98. The standard InChI is InChI=1S/C11H11F3N2O5/c1-10(19,5-17)9(18)15-6-2-3-8(16(20)21)7(4-6)11(12,13)14/h2-4,17,19H,5H2,1H3,(H,15,18)/t10-/m1/s1. The lowest BCUT2D eigenvalue weighted by molar-refractivity contribution is -0.388. The Bertz CT molecular complexity index is 571. The van der Waals surface area contributed by atoms with E-state index in [1.807, 2.05) is 5.32 Å². The fourth-order valence-corrected chi connectivity index (χ4v) is 1.34. The third-order valence-corrected chi connectivity index (χ3v) is 2.55. The molecular weight excluding hydrogens is 297 g/mol. The van der Waals surface area contributed by atoms with Crippen LogP contribution in [0.1, 0.15) is 12.5 Å². The number of nitro benzene ring substituents is 1. The Morgan fingerprint density at radius 2 is 2.00 bits per heavy atom. The first-order valence-electron chi connectivity index (χ1n) is 5.49. The van der Waals surface area contributed by atoms with Gasteiger partial charge in [0.1, 0.15) is 5.56 Å². The van der Waals surface area contributed by atoms with Gasteiger partial charge in [0.05, 0.1) is 11.5 Å². The normalized spacial score (nSPS) is 14.4. The molecule has 0 aliphatic carbocycles. The van der Waals surface area contributed by atoms with Gasteiger partial charge in [-0.3, -0.25) is 14.9 Å². The molecule has 0 bridgehead atoms. The molecular formula is C11H11F3N2O5. The molecule has 1 rings (SSSR count). The Morgan fingerprint density at radius 3 is 2.43 bits per heavy atom. The summed E-state index contributed by atoms with van der Waals surface area (Å²) < 4.78 is 38.2. The highest BCUT2D eigenvalue weighted by Gasteiger charge is 2.39. The van der Waals surface area contributed by atoms with E-state index in [4.69, 9.17) is 5.11 Å². The summed E-state index contributed by atoms with van der Waals surface area (Å²) in [5.74, 6) is -1.15. The van der Waals surface area contributed by atoms with Gasteiger partial charge in [0, 0.05) is 11.8 Å². The third kappa shape index (κ3) is 3.89. The summed E-state index contributed by atoms with van der Waals surface area (Å²) in [5, 5.41) is 30.7. The van der Waals surface area contributed by atoms with Crippen molar-refractivity contribution in [3.05, 3.63) is 33.9 Å². The molecule has 0 aliphatic heterocycles. The van der Waals surface area contributed by atoms with E-state index in [0.29, 0.717) is 12.1 Å². The summed E-state index contributed by atoms with van der Waals surface area (Å²) in [6, 6.07) is 1.86. The van der Waals surface area contributed by atoms with Crippen LogP contribution in [0.5, 0.6) is 0 Å². The molecule has 116 valence electrons. The number of anilines is 1. The molecule has 3 N–H and O–H groups in total. The molecule has 0 unspecified atom stereocenters. The molecule has 1 amide bonds. The van der Waals surface area contributed by atoms with Crippen molar-refractivity contribution in [3.8, 4) is 0 Å². The zero-order valence-corrected chi connectivity index (χ0v) is 10.6. The number of hydrogen-bond donors (Lipinski definition) is 3. The van der Waals surface area contributed by atoms with Gasteiger partial charge in [-0.15, -0.1) is 0 Å². The minimum absolute atomic E-state index is 0.378. The van der Waals surface area contributed by atoms with Gasteiger partial charge < -0.3 is 15.5 Å². The molecule has 0 saturated carbocycles. The van der Waals surface area contributed by atoms with E-state index in [-0.39, 0.29) is 0 Å². The number of alkyl halides is 3. The van der Waals surface area contributed by atoms with Crippen molar-refractivity contribution < 1.29 is 33.1 Å². The van der Waals surface area contributed by atoms with Crippen molar-refractivity contribution in [1.29, 1.82) is 0 Å². The molecule has 1 aromatic rings. The number of aliphatic hydroxyl groups excluding tert-OH is 1. The quantitative estimate of drug-likeness (QED) is 0.573. The van der Waals surface area contributed by atoms with Crippen molar-refractivity contribution in [2.75, 3.05) is 11.9 Å². The van der Waals surface area contributed by atoms with Crippen LogP contribution in [0.15, 0.2) is 18.2 Å². The molecule has 0 aliphatic rings. The lowest BCUT2D eigenvalue weighted by Crippen LogP contribution is -2.43. The number of hydrogen-bond acceptors (Lipinski definition) is 5. The molecule has 21 heavy (non-hydrogen) atoms. The Labute approximate surface area is 116 Å². The van der Waals surface area contributed by atoms with Gasteiger partial charge in [-0.05, 0) is 19.1 Å². The monoisotopic (exact) mass is 308 g/mol. The predicted octanol–water partition coefficient (Wildman–Crippen LogP) is 1.30. The largest absolute Gasteiger partial charge is 0.423 e. The summed E-state index contributed by atoms with van der Waals surface area (Å²) in [6.45, 7) is 0.0103. The van der Waals surface area contributed by atoms with Crippen molar-refractivity contribution >= 4 is 17.3 Å². The molecule has 0 heterocycles. The number of nitrogens with one attached hydrogen (secondary N) is 1. The van der Waals surface area contributed by atoms with Crippen LogP contribution in [0.4, 0.5) is 24.5 Å². The fraction of sp³-hybridized carbons (Fsp3) is 0.364. The van der Waals surface area contributed by atoms with Crippen molar-refractivity contribution in [1.82, 2.24) is 0 Å². The molecule has 0 spiro atoms. The van der Waals surface area contributed by atoms with Crippen LogP contribution in [0, 0.1) is 10.1 Å². The Hall–Kier alpha value is -2.20. The van der Waals surface area contributed by atoms with E-state index in [1.165, 1.54) is 0 Å². The molecule has 7 nitrogen and oxygen atoms in total. The highest BCUT2D eigenvalue weighted by Crippen LogP contribution is 2.37. The molecule has 0 saturated heterocycles. The number of nitro groups is 1. The number of halogens is 3. The average Bonchev–Trinajstić information content (AvgIpc) is 2.37. The van der Waals surface area contributed by atoms with Crippen LogP contribution in [0.2, 0.25) is 0 Å². The van der Waals surface area contributed by atoms with Gasteiger partial charge in [0.15, 0.2) is 5.60 Å². The highest BCUT2D eigenvalue weighted by molar-refractivity contribution is 5.97. The highest BCUT2D eigenvalue weighted by atomic mass is 19.4. The van der Waals surface area contributed by atoms with Crippen LogP contribution in [-0.4, -0.2) is 33.3 Å². The van der Waals surface area contributed by atoms with E-state index in [9.17, 15) is 33.2 Å². The number of aliphatic hydroxyl groups is 2. The first-order valence-corrected chi connectivity index (χ1v) is 5.49. The van der Waals surface area contributed by atoms with E-state index < -0.39 is 46.2 Å². The van der Waals surface area contributed by atoms with Gasteiger partial charge in [0.2, 0.25) is 0 Å². The maximum atomic E-state index is 12.7. The molecule has 0 aromatic heterocycles. The minimum atomic E-state index is -4.98. The van der Waals surface area contributed by atoms with Crippen molar-refractivity contribution in [2.24, 2.45) is 0 Å². The number of nitrogens with zero attached hydrogens (tertiary/aromatic N) is 1. The molecule has 0 fully saturated rings. The Kier molecular flexibility index (Phi) is 4.54.